The zero-order valence-corrected chi connectivity index (χ0v) is 13.3. The molecule has 0 heterocycles. The molecule has 0 fully saturated rings. The highest BCUT2D eigenvalue weighted by molar-refractivity contribution is 7.89. The lowest BCUT2D eigenvalue weighted by atomic mass is 10.2. The second-order valence-corrected chi connectivity index (χ2v) is 7.30. The number of benzene rings is 1. The zero-order valence-electron chi connectivity index (χ0n) is 11.0. The molecule has 1 rings (SSSR count). The highest BCUT2D eigenvalue weighted by Gasteiger charge is 2.15. The van der Waals surface area contributed by atoms with Crippen molar-refractivity contribution in [2.24, 2.45) is 0 Å². The van der Waals surface area contributed by atoms with Crippen LogP contribution in [0.2, 0.25) is 10.0 Å². The fraction of sp³-hybridized carbons (Fsp3) is 0.364. The van der Waals surface area contributed by atoms with Gasteiger partial charge in [0.1, 0.15) is 0 Å². The molecular formula is C11H15Cl2N3O3S. The second-order valence-electron chi connectivity index (χ2n) is 4.22. The van der Waals surface area contributed by atoms with E-state index in [1.165, 1.54) is 26.2 Å². The van der Waals surface area contributed by atoms with E-state index in [1.807, 2.05) is 0 Å². The normalized spacial score (nSPS) is 11.7. The van der Waals surface area contributed by atoms with Crippen LogP contribution in [0, 0.1) is 0 Å². The largest absolute Gasteiger partial charge is 0.397 e. The number of carbonyl (C=O) groups excluding carboxylic acids is 1. The van der Waals surface area contributed by atoms with Crippen molar-refractivity contribution in [3.8, 4) is 0 Å². The Morgan fingerprint density at radius 1 is 1.35 bits per heavy atom. The molecule has 1 aromatic rings. The Morgan fingerprint density at radius 3 is 2.45 bits per heavy atom. The van der Waals surface area contributed by atoms with Crippen LogP contribution in [0.4, 0.5) is 5.69 Å². The Kier molecular flexibility index (Phi) is 5.64. The van der Waals surface area contributed by atoms with Crippen molar-refractivity contribution in [1.82, 2.24) is 9.62 Å². The highest BCUT2D eigenvalue weighted by atomic mass is 35.5. The minimum absolute atomic E-state index is 0.0144. The van der Waals surface area contributed by atoms with E-state index >= 15 is 0 Å². The van der Waals surface area contributed by atoms with Crippen LogP contribution in [0.15, 0.2) is 12.1 Å². The number of nitrogens with one attached hydrogen (secondary N) is 1. The van der Waals surface area contributed by atoms with Gasteiger partial charge in [-0.3, -0.25) is 4.79 Å². The Balaban J connectivity index is 2.69. The van der Waals surface area contributed by atoms with Gasteiger partial charge in [0.05, 0.1) is 21.5 Å². The van der Waals surface area contributed by atoms with E-state index in [1.54, 1.807) is 0 Å². The minimum atomic E-state index is -3.35. The third-order valence-electron chi connectivity index (χ3n) is 2.52. The topological polar surface area (TPSA) is 92.5 Å². The molecule has 3 N–H and O–H groups in total. The fourth-order valence-corrected chi connectivity index (χ4v) is 2.38. The molecule has 112 valence electrons. The van der Waals surface area contributed by atoms with E-state index in [9.17, 15) is 13.2 Å². The average molecular weight is 340 g/mol. The van der Waals surface area contributed by atoms with Crippen LogP contribution in [0.1, 0.15) is 10.4 Å². The molecular weight excluding hydrogens is 325 g/mol. The molecule has 20 heavy (non-hydrogen) atoms. The van der Waals surface area contributed by atoms with Crippen LogP contribution in [0.3, 0.4) is 0 Å². The first kappa shape index (κ1) is 17.0. The average Bonchev–Trinajstić information content (AvgIpc) is 2.34. The van der Waals surface area contributed by atoms with Crippen LogP contribution in [-0.4, -0.2) is 45.0 Å². The first-order valence-corrected chi connectivity index (χ1v) is 7.94. The molecule has 0 aliphatic heterocycles. The summed E-state index contributed by atoms with van der Waals surface area (Å²) in [5.41, 5.74) is 6.00. The number of anilines is 1. The summed E-state index contributed by atoms with van der Waals surface area (Å²) in [4.78, 5) is 11.8. The van der Waals surface area contributed by atoms with Crippen molar-refractivity contribution in [2.75, 3.05) is 32.1 Å². The maximum Gasteiger partial charge on any atom is 0.251 e. The van der Waals surface area contributed by atoms with Gasteiger partial charge in [0, 0.05) is 26.2 Å². The molecule has 0 aliphatic rings. The van der Waals surface area contributed by atoms with Gasteiger partial charge in [0.25, 0.3) is 5.91 Å². The van der Waals surface area contributed by atoms with Crippen LogP contribution in [0.5, 0.6) is 0 Å². The van der Waals surface area contributed by atoms with Gasteiger partial charge in [-0.25, -0.2) is 12.7 Å². The standard InChI is InChI=1S/C11H15Cl2N3O3S/c1-16(2)20(18,19)4-3-15-11(17)7-5-8(12)10(13)9(14)6-7/h5-6H,3-4,14H2,1-2H3,(H,15,17). The monoisotopic (exact) mass is 339 g/mol. The Morgan fingerprint density at radius 2 is 1.95 bits per heavy atom. The van der Waals surface area contributed by atoms with Crippen LogP contribution >= 0.6 is 23.2 Å². The lowest BCUT2D eigenvalue weighted by Gasteiger charge is -2.12. The Bertz CT molecular complexity index is 594. The number of nitrogen functional groups attached to an aromatic ring is 1. The van der Waals surface area contributed by atoms with E-state index in [0.717, 1.165) is 4.31 Å². The van der Waals surface area contributed by atoms with E-state index in [-0.39, 0.29) is 33.6 Å². The first-order valence-electron chi connectivity index (χ1n) is 5.58. The summed E-state index contributed by atoms with van der Waals surface area (Å²) in [6.45, 7) is -0.0144. The lowest BCUT2D eigenvalue weighted by Crippen LogP contribution is -2.33. The molecule has 1 aromatic carbocycles. The number of hydrogen-bond donors (Lipinski definition) is 2. The van der Waals surface area contributed by atoms with Crippen molar-refractivity contribution in [1.29, 1.82) is 0 Å². The number of rotatable bonds is 5. The number of halogens is 2. The maximum absolute atomic E-state index is 11.8. The van der Waals surface area contributed by atoms with Gasteiger partial charge >= 0.3 is 0 Å². The third kappa shape index (κ3) is 4.24. The number of carbonyl (C=O) groups is 1. The number of nitrogens with two attached hydrogens (primary N) is 1. The molecule has 0 aliphatic carbocycles. The number of hydrogen-bond acceptors (Lipinski definition) is 4. The molecule has 9 heteroatoms. The predicted octanol–water partition coefficient (Wildman–Crippen LogP) is 1.20. The second kappa shape index (κ2) is 6.62. The SMILES string of the molecule is CN(C)S(=O)(=O)CCNC(=O)c1cc(N)c(Cl)c(Cl)c1. The molecule has 6 nitrogen and oxygen atoms in total. The maximum atomic E-state index is 11.8. The van der Waals surface area contributed by atoms with Gasteiger partial charge < -0.3 is 11.1 Å². The predicted molar refractivity (Wildman–Crippen MR) is 80.7 cm³/mol. The summed E-state index contributed by atoms with van der Waals surface area (Å²) in [5.74, 6) is -0.660. The number of amides is 1. The molecule has 0 aromatic heterocycles. The van der Waals surface area contributed by atoms with Gasteiger partial charge in [-0.15, -0.1) is 0 Å². The molecule has 0 radical (unpaired) electrons. The molecule has 1 amide bonds. The van der Waals surface area contributed by atoms with E-state index in [0.29, 0.717) is 0 Å². The number of nitrogens with zero attached hydrogens (tertiary/aromatic N) is 1. The quantitative estimate of drug-likeness (QED) is 0.788. The van der Waals surface area contributed by atoms with E-state index in [2.05, 4.69) is 5.32 Å². The van der Waals surface area contributed by atoms with Gasteiger partial charge in [0.2, 0.25) is 10.0 Å². The van der Waals surface area contributed by atoms with Crippen molar-refractivity contribution in [2.45, 2.75) is 0 Å². The smallest absolute Gasteiger partial charge is 0.251 e. The summed E-state index contributed by atoms with van der Waals surface area (Å²) < 4.78 is 24.1. The van der Waals surface area contributed by atoms with Crippen molar-refractivity contribution < 1.29 is 13.2 Å². The summed E-state index contributed by atoms with van der Waals surface area (Å²) in [7, 11) is -0.498. The van der Waals surface area contributed by atoms with Gasteiger partial charge in [-0.1, -0.05) is 23.2 Å². The van der Waals surface area contributed by atoms with Crippen molar-refractivity contribution in [3.63, 3.8) is 0 Å². The summed E-state index contributed by atoms with van der Waals surface area (Å²) in [6.07, 6.45) is 0. The van der Waals surface area contributed by atoms with Gasteiger partial charge in [-0.2, -0.15) is 0 Å². The van der Waals surface area contributed by atoms with Crippen molar-refractivity contribution in [3.05, 3.63) is 27.7 Å². The summed E-state index contributed by atoms with van der Waals surface area (Å²) >= 11 is 11.6. The van der Waals surface area contributed by atoms with E-state index < -0.39 is 15.9 Å². The number of sulfonamides is 1. The molecule has 0 saturated carbocycles. The van der Waals surface area contributed by atoms with Crippen LogP contribution in [-0.2, 0) is 10.0 Å². The van der Waals surface area contributed by atoms with Crippen LogP contribution < -0.4 is 11.1 Å². The lowest BCUT2D eigenvalue weighted by molar-refractivity contribution is 0.0956. The Labute approximate surface area is 127 Å². The highest BCUT2D eigenvalue weighted by Crippen LogP contribution is 2.29. The molecule has 0 atom stereocenters. The molecule has 0 bridgehead atoms. The third-order valence-corrected chi connectivity index (χ3v) is 5.17. The van der Waals surface area contributed by atoms with Crippen molar-refractivity contribution >= 4 is 44.8 Å². The van der Waals surface area contributed by atoms with Crippen LogP contribution in [0.25, 0.3) is 0 Å². The van der Waals surface area contributed by atoms with Gasteiger partial charge in [-0.05, 0) is 12.1 Å². The molecule has 0 saturated heterocycles. The van der Waals surface area contributed by atoms with Gasteiger partial charge in [0.15, 0.2) is 0 Å². The Hall–Kier alpha value is -1.02. The zero-order chi connectivity index (χ0) is 15.5. The minimum Gasteiger partial charge on any atom is -0.397 e. The summed E-state index contributed by atoms with van der Waals surface area (Å²) in [5, 5.41) is 2.83. The molecule has 0 spiro atoms. The molecule has 0 unspecified atom stereocenters. The summed E-state index contributed by atoms with van der Waals surface area (Å²) in [6, 6.07) is 2.75. The van der Waals surface area contributed by atoms with E-state index in [4.69, 9.17) is 28.9 Å². The first-order chi connectivity index (χ1) is 9.15. The fourth-order valence-electron chi connectivity index (χ4n) is 1.32.